The number of aryl methyl sites for hydroxylation is 1. The molecule has 0 saturated carbocycles. The van der Waals surface area contributed by atoms with Crippen molar-refractivity contribution in [3.63, 3.8) is 0 Å². The first-order valence-corrected chi connectivity index (χ1v) is 4.28. The molecular weight excluding hydrogens is 162 g/mol. The standard InChI is InChI=1S/C10H10N3/c1-2-9-5-3-4-6-10(9)13-11-7-8-12-13/h3-5,7-8H,2H2,1H3. The minimum absolute atomic E-state index is 0.940. The topological polar surface area (TPSA) is 30.7 Å². The quantitative estimate of drug-likeness (QED) is 0.689. The van der Waals surface area contributed by atoms with E-state index in [0.29, 0.717) is 0 Å². The van der Waals surface area contributed by atoms with Crippen LogP contribution in [0.15, 0.2) is 30.6 Å². The minimum Gasteiger partial charge on any atom is -0.157 e. The van der Waals surface area contributed by atoms with Crippen molar-refractivity contribution < 1.29 is 0 Å². The third-order valence-electron chi connectivity index (χ3n) is 1.92. The van der Waals surface area contributed by atoms with E-state index in [4.69, 9.17) is 0 Å². The van der Waals surface area contributed by atoms with Gasteiger partial charge < -0.3 is 0 Å². The van der Waals surface area contributed by atoms with Gasteiger partial charge in [0.25, 0.3) is 0 Å². The summed E-state index contributed by atoms with van der Waals surface area (Å²) >= 11 is 0. The molecule has 0 atom stereocenters. The Morgan fingerprint density at radius 1 is 1.38 bits per heavy atom. The summed E-state index contributed by atoms with van der Waals surface area (Å²) in [5.74, 6) is 0. The van der Waals surface area contributed by atoms with Crippen molar-refractivity contribution in [3.05, 3.63) is 42.2 Å². The van der Waals surface area contributed by atoms with Crippen molar-refractivity contribution in [3.8, 4) is 5.69 Å². The molecular formula is C10H10N3. The van der Waals surface area contributed by atoms with Gasteiger partial charge in [-0.1, -0.05) is 25.1 Å². The van der Waals surface area contributed by atoms with Crippen molar-refractivity contribution in [2.45, 2.75) is 13.3 Å². The molecule has 3 nitrogen and oxygen atoms in total. The van der Waals surface area contributed by atoms with Gasteiger partial charge >= 0.3 is 0 Å². The number of hydrogen-bond donors (Lipinski definition) is 0. The number of hydrogen-bond acceptors (Lipinski definition) is 2. The summed E-state index contributed by atoms with van der Waals surface area (Å²) in [5, 5.41) is 8.14. The van der Waals surface area contributed by atoms with E-state index in [-0.39, 0.29) is 0 Å². The van der Waals surface area contributed by atoms with Gasteiger partial charge in [-0.2, -0.15) is 15.0 Å². The molecule has 1 radical (unpaired) electrons. The van der Waals surface area contributed by atoms with E-state index in [2.05, 4.69) is 29.3 Å². The third-order valence-corrected chi connectivity index (χ3v) is 1.92. The summed E-state index contributed by atoms with van der Waals surface area (Å²) in [6, 6.07) is 9.04. The molecule has 0 aliphatic rings. The first kappa shape index (κ1) is 7.98. The van der Waals surface area contributed by atoms with Crippen LogP contribution >= 0.6 is 0 Å². The number of benzene rings is 1. The highest BCUT2D eigenvalue weighted by atomic mass is 15.5. The van der Waals surface area contributed by atoms with Gasteiger partial charge in [-0.3, -0.25) is 0 Å². The van der Waals surface area contributed by atoms with Crippen molar-refractivity contribution >= 4 is 0 Å². The lowest BCUT2D eigenvalue weighted by atomic mass is 10.1. The lowest BCUT2D eigenvalue weighted by Gasteiger charge is -2.04. The second kappa shape index (κ2) is 3.39. The van der Waals surface area contributed by atoms with Gasteiger partial charge in [0.2, 0.25) is 0 Å². The van der Waals surface area contributed by atoms with Crippen LogP contribution in [0.5, 0.6) is 0 Å². The summed E-state index contributed by atoms with van der Waals surface area (Å²) in [7, 11) is 0. The van der Waals surface area contributed by atoms with E-state index >= 15 is 0 Å². The van der Waals surface area contributed by atoms with Crippen molar-refractivity contribution in [1.82, 2.24) is 15.0 Å². The summed E-state index contributed by atoms with van der Waals surface area (Å²) in [6.45, 7) is 2.11. The molecule has 3 heteroatoms. The largest absolute Gasteiger partial charge is 0.157 e. The van der Waals surface area contributed by atoms with Gasteiger partial charge in [0.05, 0.1) is 18.1 Å². The maximum absolute atomic E-state index is 4.07. The van der Waals surface area contributed by atoms with Gasteiger partial charge in [0.15, 0.2) is 0 Å². The molecule has 0 unspecified atom stereocenters. The second-order valence-corrected chi connectivity index (χ2v) is 2.72. The fourth-order valence-corrected chi connectivity index (χ4v) is 1.27. The fourth-order valence-electron chi connectivity index (χ4n) is 1.27. The van der Waals surface area contributed by atoms with Crippen molar-refractivity contribution in [2.24, 2.45) is 0 Å². The number of aromatic nitrogens is 3. The fraction of sp³-hybridized carbons (Fsp3) is 0.200. The van der Waals surface area contributed by atoms with E-state index in [0.717, 1.165) is 12.1 Å². The zero-order valence-electron chi connectivity index (χ0n) is 7.44. The van der Waals surface area contributed by atoms with Crippen LogP contribution in [0.2, 0.25) is 0 Å². The summed E-state index contributed by atoms with van der Waals surface area (Å²) < 4.78 is 0. The van der Waals surface area contributed by atoms with Crippen LogP contribution in [0.4, 0.5) is 0 Å². The molecule has 65 valence electrons. The van der Waals surface area contributed by atoms with Crippen LogP contribution in [0, 0.1) is 6.07 Å². The van der Waals surface area contributed by atoms with Gasteiger partial charge in [-0.05, 0) is 12.0 Å². The van der Waals surface area contributed by atoms with Crippen molar-refractivity contribution in [2.75, 3.05) is 0 Å². The molecule has 1 aromatic carbocycles. The Hall–Kier alpha value is -1.64. The maximum Gasteiger partial charge on any atom is 0.0967 e. The average molecular weight is 172 g/mol. The number of nitrogens with zero attached hydrogens (tertiary/aromatic N) is 3. The Kier molecular flexibility index (Phi) is 2.08. The van der Waals surface area contributed by atoms with Crippen LogP contribution < -0.4 is 0 Å². The molecule has 0 aliphatic carbocycles. The molecule has 0 aliphatic heterocycles. The van der Waals surface area contributed by atoms with E-state index in [1.807, 2.05) is 12.1 Å². The second-order valence-electron chi connectivity index (χ2n) is 2.72. The molecule has 1 heterocycles. The molecule has 1 aromatic heterocycles. The highest BCUT2D eigenvalue weighted by Crippen LogP contribution is 2.11. The summed E-state index contributed by atoms with van der Waals surface area (Å²) in [6.07, 6.45) is 4.30. The molecule has 0 saturated heterocycles. The van der Waals surface area contributed by atoms with Crippen LogP contribution in [0.25, 0.3) is 5.69 Å². The first-order chi connectivity index (χ1) is 6.42. The zero-order chi connectivity index (χ0) is 9.10. The van der Waals surface area contributed by atoms with Crippen LogP contribution in [-0.4, -0.2) is 15.0 Å². The van der Waals surface area contributed by atoms with Gasteiger partial charge in [0, 0.05) is 6.07 Å². The zero-order valence-corrected chi connectivity index (χ0v) is 7.44. The Morgan fingerprint density at radius 2 is 2.15 bits per heavy atom. The number of rotatable bonds is 2. The highest BCUT2D eigenvalue weighted by Gasteiger charge is 2.02. The molecule has 0 fully saturated rings. The summed E-state index contributed by atoms with van der Waals surface area (Å²) in [5.41, 5.74) is 2.15. The Labute approximate surface area is 77.0 Å². The lowest BCUT2D eigenvalue weighted by Crippen LogP contribution is -2.02. The molecule has 0 N–H and O–H groups in total. The predicted molar refractivity (Wildman–Crippen MR) is 49.6 cm³/mol. The van der Waals surface area contributed by atoms with Crippen molar-refractivity contribution in [1.29, 1.82) is 0 Å². The average Bonchev–Trinajstić information content (AvgIpc) is 2.70. The van der Waals surface area contributed by atoms with Crippen LogP contribution in [-0.2, 0) is 6.42 Å². The summed E-state index contributed by atoms with van der Waals surface area (Å²) in [4.78, 5) is 1.60. The SMILES string of the molecule is CCc1ccc[c]c1-n1nccn1. The molecule has 13 heavy (non-hydrogen) atoms. The lowest BCUT2D eigenvalue weighted by molar-refractivity contribution is 0.741. The Balaban J connectivity index is 2.51. The molecule has 2 aromatic rings. The van der Waals surface area contributed by atoms with Gasteiger partial charge in [0.1, 0.15) is 0 Å². The molecule has 2 rings (SSSR count). The third kappa shape index (κ3) is 1.45. The van der Waals surface area contributed by atoms with E-state index < -0.39 is 0 Å². The molecule has 0 spiro atoms. The van der Waals surface area contributed by atoms with Gasteiger partial charge in [-0.15, -0.1) is 0 Å². The van der Waals surface area contributed by atoms with E-state index in [9.17, 15) is 0 Å². The van der Waals surface area contributed by atoms with Crippen LogP contribution in [0.1, 0.15) is 12.5 Å². The Morgan fingerprint density at radius 3 is 2.85 bits per heavy atom. The van der Waals surface area contributed by atoms with Gasteiger partial charge in [-0.25, -0.2) is 0 Å². The minimum atomic E-state index is 0.940. The maximum atomic E-state index is 4.07. The first-order valence-electron chi connectivity index (χ1n) is 4.28. The molecule has 0 amide bonds. The normalized spacial score (nSPS) is 10.2. The smallest absolute Gasteiger partial charge is 0.0967 e. The molecule has 0 bridgehead atoms. The number of para-hydroxylation sites is 1. The van der Waals surface area contributed by atoms with Crippen LogP contribution in [0.3, 0.4) is 0 Å². The monoisotopic (exact) mass is 172 g/mol. The highest BCUT2D eigenvalue weighted by molar-refractivity contribution is 5.37. The van der Waals surface area contributed by atoms with E-state index in [1.165, 1.54) is 5.56 Å². The van der Waals surface area contributed by atoms with E-state index in [1.54, 1.807) is 17.2 Å². The predicted octanol–water partition coefficient (Wildman–Crippen LogP) is 1.63. The Bertz CT molecular complexity index is 379.